The van der Waals surface area contributed by atoms with Gasteiger partial charge < -0.3 is 39.5 Å². The van der Waals surface area contributed by atoms with Gasteiger partial charge in [-0.15, -0.1) is 11.8 Å². The molecule has 3 aromatic carbocycles. The van der Waals surface area contributed by atoms with E-state index in [1.165, 1.54) is 20.4 Å². The van der Waals surface area contributed by atoms with Crippen molar-refractivity contribution in [3.8, 4) is 5.75 Å². The molecule has 21 heteroatoms. The molecule has 4 aliphatic rings. The van der Waals surface area contributed by atoms with Crippen molar-refractivity contribution in [3.63, 3.8) is 0 Å². The molecule has 1 atom stereocenters. The van der Waals surface area contributed by atoms with Crippen molar-refractivity contribution in [3.05, 3.63) is 83.0 Å². The predicted octanol–water partition coefficient (Wildman–Crippen LogP) is 5.77. The zero-order valence-corrected chi connectivity index (χ0v) is 41.0. The molecule has 68 heavy (non-hydrogen) atoms. The second-order valence-electron chi connectivity index (χ2n) is 17.0. The SMILES string of the molecule is COc1cc(N2CCC(N3CCN(CC(=O)NCCCCSc4cccc5c4CN(C4CCC(=O)NC4=O)C5=O)CC3)CC2)ccc1Nc1ncc(Cl)c(Nc2ccccc2P(=O)(OC)OC)n1. The molecule has 362 valence electrons. The van der Waals surface area contributed by atoms with Crippen LogP contribution in [0.4, 0.5) is 28.8 Å². The molecule has 1 aromatic heterocycles. The number of hydrogen-bond donors (Lipinski definition) is 4. The van der Waals surface area contributed by atoms with Gasteiger partial charge >= 0.3 is 7.60 Å². The Morgan fingerprint density at radius 3 is 2.44 bits per heavy atom. The highest BCUT2D eigenvalue weighted by molar-refractivity contribution is 7.99. The number of ether oxygens (including phenoxy) is 1. The number of rotatable bonds is 19. The van der Waals surface area contributed by atoms with E-state index in [4.69, 9.17) is 25.4 Å². The number of nitrogens with zero attached hydrogens (tertiary/aromatic N) is 6. The number of piperidine rings is 2. The predicted molar refractivity (Wildman–Crippen MR) is 263 cm³/mol. The quantitative estimate of drug-likeness (QED) is 0.0382. The van der Waals surface area contributed by atoms with Gasteiger partial charge in [0.15, 0.2) is 5.82 Å². The van der Waals surface area contributed by atoms with Crippen molar-refractivity contribution < 1.29 is 37.5 Å². The van der Waals surface area contributed by atoms with Crippen LogP contribution < -0.4 is 36.2 Å². The molecular formula is C47H58ClN10O8PS. The van der Waals surface area contributed by atoms with Gasteiger partial charge in [0.25, 0.3) is 5.91 Å². The van der Waals surface area contributed by atoms with E-state index < -0.39 is 19.5 Å². The number of thioether (sulfide) groups is 1. The Bertz CT molecular complexity index is 2530. The maximum Gasteiger partial charge on any atom is 0.362 e. The summed E-state index contributed by atoms with van der Waals surface area (Å²) < 4.78 is 29.5. The van der Waals surface area contributed by atoms with Gasteiger partial charge in [0.1, 0.15) is 16.8 Å². The molecular weight excluding hydrogens is 931 g/mol. The maximum absolute atomic E-state index is 13.2. The smallest absolute Gasteiger partial charge is 0.362 e. The van der Waals surface area contributed by atoms with Crippen molar-refractivity contribution in [2.45, 2.75) is 62.0 Å². The van der Waals surface area contributed by atoms with E-state index in [9.17, 15) is 23.7 Å². The summed E-state index contributed by atoms with van der Waals surface area (Å²) in [7, 11) is 0.721. The summed E-state index contributed by atoms with van der Waals surface area (Å²) in [5, 5.41) is 12.5. The zero-order valence-electron chi connectivity index (χ0n) is 38.5. The third-order valence-corrected chi connectivity index (χ3v) is 16.3. The lowest BCUT2D eigenvalue weighted by Crippen LogP contribution is -2.54. The number of hydrogen-bond acceptors (Lipinski definition) is 16. The molecule has 1 unspecified atom stereocenters. The maximum atomic E-state index is 13.2. The van der Waals surface area contributed by atoms with Crippen molar-refractivity contribution in [2.24, 2.45) is 0 Å². The fourth-order valence-corrected chi connectivity index (χ4v) is 11.7. The van der Waals surface area contributed by atoms with Gasteiger partial charge in [0.05, 0.1) is 36.5 Å². The molecule has 0 radical (unpaired) electrons. The molecule has 0 bridgehead atoms. The van der Waals surface area contributed by atoms with Crippen LogP contribution in [-0.2, 0) is 34.5 Å². The Morgan fingerprint density at radius 1 is 0.912 bits per heavy atom. The van der Waals surface area contributed by atoms with E-state index in [2.05, 4.69) is 52.0 Å². The number of fused-ring (bicyclic) bond motifs is 1. The first-order valence-corrected chi connectivity index (χ1v) is 25.8. The van der Waals surface area contributed by atoms with Crippen LogP contribution in [0.1, 0.15) is 54.4 Å². The average Bonchev–Trinajstić information content (AvgIpc) is 3.69. The lowest BCUT2D eigenvalue weighted by molar-refractivity contribution is -0.137. The Kier molecular flexibility index (Phi) is 16.2. The molecule has 18 nitrogen and oxygen atoms in total. The summed E-state index contributed by atoms with van der Waals surface area (Å²) in [6.45, 7) is 6.76. The summed E-state index contributed by atoms with van der Waals surface area (Å²) in [4.78, 5) is 68.9. The lowest BCUT2D eigenvalue weighted by atomic mass is 10.0. The Labute approximate surface area is 405 Å². The standard InChI is InChI=1S/C47H58ClN10O8PS/c1-64-39-27-32(13-14-36(39)52-47-50-28-35(48)44(54-47)51-37-10-4-5-11-40(37)67(63,65-2)66-3)56-20-17-31(18-21-56)57-24-22-55(23-25-57)30-43(60)49-19-6-7-26-68-41-12-8-9-33-34(41)29-58(46(33)62)38-15-16-42(59)53-45(38)61/h4-5,8-14,27-28,31,38H,6-7,15-26,29-30H2,1-3H3,(H,49,60)(H,53,59,61)(H2,50,51,52,54). The number of anilines is 5. The fourth-order valence-electron chi connectivity index (χ4n) is 9.20. The van der Waals surface area contributed by atoms with Crippen molar-refractivity contribution >= 4 is 88.7 Å². The van der Waals surface area contributed by atoms with E-state index in [1.54, 1.807) is 54.1 Å². The third-order valence-electron chi connectivity index (χ3n) is 12.9. The highest BCUT2D eigenvalue weighted by Crippen LogP contribution is 2.47. The van der Waals surface area contributed by atoms with Crippen LogP contribution in [0, 0.1) is 0 Å². The molecule has 0 spiro atoms. The largest absolute Gasteiger partial charge is 0.494 e. The summed E-state index contributed by atoms with van der Waals surface area (Å²) in [6.07, 6.45) is 5.88. The minimum absolute atomic E-state index is 0.0487. The number of nitrogens with one attached hydrogen (secondary N) is 4. The number of halogens is 1. The number of para-hydroxylation sites is 1. The van der Waals surface area contributed by atoms with Crippen LogP contribution in [0.5, 0.6) is 5.75 Å². The van der Waals surface area contributed by atoms with Crippen molar-refractivity contribution in [1.29, 1.82) is 0 Å². The van der Waals surface area contributed by atoms with Crippen LogP contribution in [0.25, 0.3) is 0 Å². The molecule has 3 saturated heterocycles. The Morgan fingerprint density at radius 2 is 1.69 bits per heavy atom. The van der Waals surface area contributed by atoms with Gasteiger partial charge in [0, 0.05) is 101 Å². The number of aromatic nitrogens is 2. The number of imide groups is 1. The summed E-state index contributed by atoms with van der Waals surface area (Å²) >= 11 is 8.18. The first kappa shape index (κ1) is 49.2. The molecule has 4 N–H and O–H groups in total. The van der Waals surface area contributed by atoms with Crippen molar-refractivity contribution in [2.75, 3.05) is 95.0 Å². The van der Waals surface area contributed by atoms with Gasteiger partial charge in [-0.1, -0.05) is 29.8 Å². The van der Waals surface area contributed by atoms with E-state index >= 15 is 0 Å². The second-order valence-corrected chi connectivity index (χ2v) is 20.8. The molecule has 0 saturated carbocycles. The third kappa shape index (κ3) is 11.4. The Hall–Kier alpha value is -5.27. The number of piperazine rings is 1. The summed E-state index contributed by atoms with van der Waals surface area (Å²) in [5.41, 5.74) is 3.77. The van der Waals surface area contributed by atoms with E-state index in [0.717, 1.165) is 86.9 Å². The first-order chi connectivity index (χ1) is 33.0. The molecule has 0 aliphatic carbocycles. The van der Waals surface area contributed by atoms with Gasteiger partial charge in [-0.2, -0.15) is 4.98 Å². The number of amides is 4. The molecule has 4 aliphatic heterocycles. The van der Waals surface area contributed by atoms with E-state index in [-0.39, 0.29) is 35.1 Å². The minimum Gasteiger partial charge on any atom is -0.494 e. The van der Waals surface area contributed by atoms with Crippen LogP contribution in [0.2, 0.25) is 5.02 Å². The number of benzene rings is 3. The highest BCUT2D eigenvalue weighted by atomic mass is 35.5. The van der Waals surface area contributed by atoms with E-state index in [0.29, 0.717) is 65.9 Å². The molecule has 4 amide bonds. The molecule has 3 fully saturated rings. The van der Waals surface area contributed by atoms with Gasteiger partial charge in [-0.25, -0.2) is 4.98 Å². The molecule has 8 rings (SSSR count). The fraction of sp³-hybridized carbons (Fsp3) is 0.447. The number of unbranched alkanes of at least 4 members (excludes halogenated alkanes) is 1. The van der Waals surface area contributed by atoms with Gasteiger partial charge in [-0.05, 0) is 79.8 Å². The van der Waals surface area contributed by atoms with Crippen LogP contribution in [0.15, 0.2) is 71.8 Å². The number of carbonyl (C=O) groups excluding carboxylic acids is 4. The second kappa shape index (κ2) is 22.4. The van der Waals surface area contributed by atoms with Gasteiger partial charge in [0.2, 0.25) is 23.7 Å². The zero-order chi connectivity index (χ0) is 47.8. The highest BCUT2D eigenvalue weighted by Gasteiger charge is 2.40. The number of carbonyl (C=O) groups is 4. The molecule has 4 aromatic rings. The summed E-state index contributed by atoms with van der Waals surface area (Å²) in [5.74, 6) is 1.24. The van der Waals surface area contributed by atoms with Crippen LogP contribution >= 0.6 is 31.0 Å². The van der Waals surface area contributed by atoms with Gasteiger partial charge in [-0.3, -0.25) is 38.9 Å². The topological polar surface area (TPSA) is 200 Å². The minimum atomic E-state index is -3.57. The van der Waals surface area contributed by atoms with E-state index in [1.807, 2.05) is 24.3 Å². The van der Waals surface area contributed by atoms with Crippen LogP contribution in [0.3, 0.4) is 0 Å². The summed E-state index contributed by atoms with van der Waals surface area (Å²) in [6, 6.07) is 18.5. The first-order valence-electron chi connectivity index (χ1n) is 22.9. The van der Waals surface area contributed by atoms with Crippen LogP contribution in [-0.4, -0.2) is 140 Å². The normalized spacial score (nSPS) is 18.4. The average molecular weight is 990 g/mol. The van der Waals surface area contributed by atoms with Crippen molar-refractivity contribution in [1.82, 2.24) is 35.3 Å². The Balaban J connectivity index is 0.735. The molecule has 5 heterocycles. The monoisotopic (exact) mass is 988 g/mol. The lowest BCUT2D eigenvalue weighted by Gasteiger charge is -2.43. The number of methoxy groups -OCH3 is 1.